The molecule has 1 aliphatic rings. The summed E-state index contributed by atoms with van der Waals surface area (Å²) in [7, 11) is 0. The number of phenolic OH excluding ortho intramolecular Hbond substituents is 1. The van der Waals surface area contributed by atoms with Crippen LogP contribution < -0.4 is 10.6 Å². The first-order valence-electron chi connectivity index (χ1n) is 6.48. The maximum atomic E-state index is 12.1. The minimum absolute atomic E-state index is 0.0348. The molecule has 0 aliphatic carbocycles. The highest BCUT2D eigenvalue weighted by atomic mass is 16.3. The van der Waals surface area contributed by atoms with E-state index < -0.39 is 0 Å². The predicted octanol–water partition coefficient (Wildman–Crippen LogP) is 2.09. The molecule has 19 heavy (non-hydrogen) atoms. The van der Waals surface area contributed by atoms with Gasteiger partial charge in [-0.3, -0.25) is 4.79 Å². The fraction of sp³-hybridized carbons (Fsp3) is 0.267. The van der Waals surface area contributed by atoms with Crippen LogP contribution in [0.3, 0.4) is 0 Å². The van der Waals surface area contributed by atoms with Gasteiger partial charge < -0.3 is 15.7 Å². The topological polar surface area (TPSA) is 61.4 Å². The molecule has 2 aromatic carbocycles. The third-order valence-electron chi connectivity index (χ3n) is 3.59. The smallest absolute Gasteiger partial charge is 0.228 e. The number of nitrogens with one attached hydrogen (secondary N) is 2. The number of phenols is 1. The van der Waals surface area contributed by atoms with Crippen LogP contribution in [0, 0.1) is 5.92 Å². The highest BCUT2D eigenvalue weighted by Crippen LogP contribution is 2.30. The van der Waals surface area contributed by atoms with E-state index in [-0.39, 0.29) is 17.6 Å². The van der Waals surface area contributed by atoms with Gasteiger partial charge in [-0.05, 0) is 25.1 Å². The first-order valence-corrected chi connectivity index (χ1v) is 6.48. The van der Waals surface area contributed by atoms with E-state index >= 15 is 0 Å². The molecule has 4 nitrogen and oxygen atoms in total. The number of aromatic hydroxyl groups is 1. The molecular weight excluding hydrogens is 240 g/mol. The first kappa shape index (κ1) is 12.0. The Balaban J connectivity index is 1.92. The summed E-state index contributed by atoms with van der Waals surface area (Å²) in [4.78, 5) is 12.1. The van der Waals surface area contributed by atoms with E-state index in [9.17, 15) is 9.90 Å². The SMILES string of the molecule is O=C(Nc1cccc2c(O)cccc12)C1CCNC1. The van der Waals surface area contributed by atoms with Crippen LogP contribution in [0.1, 0.15) is 6.42 Å². The van der Waals surface area contributed by atoms with Crippen molar-refractivity contribution in [3.63, 3.8) is 0 Å². The molecule has 2 aromatic rings. The largest absolute Gasteiger partial charge is 0.507 e. The van der Waals surface area contributed by atoms with Gasteiger partial charge in [-0.1, -0.05) is 24.3 Å². The lowest BCUT2D eigenvalue weighted by Crippen LogP contribution is -2.24. The molecule has 0 spiro atoms. The summed E-state index contributed by atoms with van der Waals surface area (Å²) in [5.41, 5.74) is 0.755. The predicted molar refractivity (Wildman–Crippen MR) is 75.2 cm³/mol. The number of anilines is 1. The minimum Gasteiger partial charge on any atom is -0.507 e. The van der Waals surface area contributed by atoms with Crippen molar-refractivity contribution in [1.29, 1.82) is 0 Å². The van der Waals surface area contributed by atoms with Gasteiger partial charge >= 0.3 is 0 Å². The van der Waals surface area contributed by atoms with E-state index in [0.29, 0.717) is 0 Å². The highest BCUT2D eigenvalue weighted by molar-refractivity contribution is 6.04. The number of hydrogen-bond acceptors (Lipinski definition) is 3. The number of carbonyl (C=O) groups is 1. The minimum atomic E-state index is 0.0348. The van der Waals surface area contributed by atoms with E-state index in [1.54, 1.807) is 12.1 Å². The summed E-state index contributed by atoms with van der Waals surface area (Å²) in [6.45, 7) is 1.64. The van der Waals surface area contributed by atoms with Crippen LogP contribution in [-0.2, 0) is 4.79 Å². The Morgan fingerprint density at radius 2 is 2.00 bits per heavy atom. The average Bonchev–Trinajstić information content (AvgIpc) is 2.94. The lowest BCUT2D eigenvalue weighted by Gasteiger charge is -2.12. The average molecular weight is 256 g/mol. The number of amides is 1. The standard InChI is InChI=1S/C15H16N2O2/c18-14-6-2-3-11-12(14)4-1-5-13(11)17-15(19)10-7-8-16-9-10/h1-6,10,16,18H,7-9H2,(H,17,19). The van der Waals surface area contributed by atoms with Crippen molar-refractivity contribution in [3.8, 4) is 5.75 Å². The van der Waals surface area contributed by atoms with Gasteiger partial charge in [-0.25, -0.2) is 0 Å². The van der Waals surface area contributed by atoms with Crippen LogP contribution in [0.25, 0.3) is 10.8 Å². The normalized spacial score (nSPS) is 18.6. The van der Waals surface area contributed by atoms with Crippen molar-refractivity contribution in [2.45, 2.75) is 6.42 Å². The van der Waals surface area contributed by atoms with E-state index in [0.717, 1.165) is 36.0 Å². The monoisotopic (exact) mass is 256 g/mol. The fourth-order valence-corrected chi connectivity index (χ4v) is 2.52. The first-order chi connectivity index (χ1) is 9.25. The number of hydrogen-bond donors (Lipinski definition) is 3. The van der Waals surface area contributed by atoms with Gasteiger partial charge in [0.05, 0.1) is 5.92 Å². The second kappa shape index (κ2) is 4.90. The van der Waals surface area contributed by atoms with E-state index in [4.69, 9.17) is 0 Å². The second-order valence-electron chi connectivity index (χ2n) is 4.86. The zero-order chi connectivity index (χ0) is 13.2. The van der Waals surface area contributed by atoms with Crippen LogP contribution in [0.2, 0.25) is 0 Å². The Kier molecular flexibility index (Phi) is 3.09. The molecule has 1 saturated heterocycles. The van der Waals surface area contributed by atoms with Gasteiger partial charge in [0.1, 0.15) is 5.75 Å². The van der Waals surface area contributed by atoms with Crippen LogP contribution in [0.15, 0.2) is 36.4 Å². The quantitative estimate of drug-likeness (QED) is 0.771. The van der Waals surface area contributed by atoms with Gasteiger partial charge in [0, 0.05) is 23.0 Å². The molecule has 0 radical (unpaired) electrons. The second-order valence-corrected chi connectivity index (χ2v) is 4.86. The molecule has 0 bridgehead atoms. The molecule has 1 atom stereocenters. The molecule has 3 rings (SSSR count). The molecule has 1 amide bonds. The van der Waals surface area contributed by atoms with Crippen LogP contribution in [0.5, 0.6) is 5.75 Å². The van der Waals surface area contributed by atoms with E-state index in [1.165, 1.54) is 0 Å². The Labute approximate surface area is 111 Å². The lowest BCUT2D eigenvalue weighted by molar-refractivity contribution is -0.119. The van der Waals surface area contributed by atoms with Crippen LogP contribution in [0.4, 0.5) is 5.69 Å². The van der Waals surface area contributed by atoms with Gasteiger partial charge in [0.2, 0.25) is 5.91 Å². The fourth-order valence-electron chi connectivity index (χ4n) is 2.52. The molecule has 1 heterocycles. The summed E-state index contributed by atoms with van der Waals surface area (Å²) < 4.78 is 0. The van der Waals surface area contributed by atoms with E-state index in [2.05, 4.69) is 10.6 Å². The molecule has 98 valence electrons. The summed E-state index contributed by atoms with van der Waals surface area (Å²) in [5.74, 6) is 0.310. The molecule has 1 aliphatic heterocycles. The van der Waals surface area contributed by atoms with Crippen molar-refractivity contribution in [3.05, 3.63) is 36.4 Å². The Bertz CT molecular complexity index is 619. The number of fused-ring (bicyclic) bond motifs is 1. The Hall–Kier alpha value is -2.07. The summed E-state index contributed by atoms with van der Waals surface area (Å²) in [6, 6.07) is 10.9. The van der Waals surface area contributed by atoms with Crippen molar-refractivity contribution < 1.29 is 9.90 Å². The maximum Gasteiger partial charge on any atom is 0.228 e. The zero-order valence-electron chi connectivity index (χ0n) is 10.5. The number of benzene rings is 2. The van der Waals surface area contributed by atoms with Crippen LogP contribution >= 0.6 is 0 Å². The summed E-state index contributed by atoms with van der Waals surface area (Å²) in [5, 5.41) is 17.6. The van der Waals surface area contributed by atoms with Crippen molar-refractivity contribution in [1.82, 2.24) is 5.32 Å². The van der Waals surface area contributed by atoms with Crippen molar-refractivity contribution in [2.75, 3.05) is 18.4 Å². The van der Waals surface area contributed by atoms with Gasteiger partial charge in [0.25, 0.3) is 0 Å². The maximum absolute atomic E-state index is 12.1. The van der Waals surface area contributed by atoms with Crippen molar-refractivity contribution >= 4 is 22.4 Å². The van der Waals surface area contributed by atoms with Gasteiger partial charge in [-0.15, -0.1) is 0 Å². The van der Waals surface area contributed by atoms with Crippen molar-refractivity contribution in [2.24, 2.45) is 5.92 Å². The van der Waals surface area contributed by atoms with Crippen LogP contribution in [-0.4, -0.2) is 24.1 Å². The van der Waals surface area contributed by atoms with Gasteiger partial charge in [0.15, 0.2) is 0 Å². The highest BCUT2D eigenvalue weighted by Gasteiger charge is 2.22. The molecule has 0 saturated carbocycles. The zero-order valence-corrected chi connectivity index (χ0v) is 10.5. The molecule has 1 fully saturated rings. The summed E-state index contributed by atoms with van der Waals surface area (Å²) in [6.07, 6.45) is 0.877. The third kappa shape index (κ3) is 2.27. The molecule has 1 unspecified atom stereocenters. The molecule has 3 N–H and O–H groups in total. The summed E-state index contributed by atoms with van der Waals surface area (Å²) >= 11 is 0. The number of carbonyl (C=O) groups excluding carboxylic acids is 1. The molecule has 0 aromatic heterocycles. The molecule has 4 heteroatoms. The molecular formula is C15H16N2O2. The Morgan fingerprint density at radius 3 is 2.79 bits per heavy atom. The number of rotatable bonds is 2. The third-order valence-corrected chi connectivity index (χ3v) is 3.59. The lowest BCUT2D eigenvalue weighted by atomic mass is 10.1. The van der Waals surface area contributed by atoms with E-state index in [1.807, 2.05) is 24.3 Å². The van der Waals surface area contributed by atoms with Gasteiger partial charge in [-0.2, -0.15) is 0 Å². The Morgan fingerprint density at radius 1 is 1.21 bits per heavy atom.